The Labute approximate surface area is 150 Å². The van der Waals surface area contributed by atoms with Crippen LogP contribution in [0.25, 0.3) is 5.69 Å². The second-order valence-electron chi connectivity index (χ2n) is 6.10. The van der Waals surface area contributed by atoms with Gasteiger partial charge in [0.2, 0.25) is 0 Å². The highest BCUT2D eigenvalue weighted by Gasteiger charge is 2.12. The minimum atomic E-state index is -0.282. The number of carbonyl (C=O) groups is 1. The van der Waals surface area contributed by atoms with Gasteiger partial charge in [-0.05, 0) is 36.4 Å². The van der Waals surface area contributed by atoms with Crippen molar-refractivity contribution >= 4 is 11.7 Å². The highest BCUT2D eigenvalue weighted by atomic mass is 19.1. The molecule has 0 fully saturated rings. The van der Waals surface area contributed by atoms with E-state index >= 15 is 0 Å². The van der Waals surface area contributed by atoms with E-state index in [1.54, 1.807) is 49.2 Å². The van der Waals surface area contributed by atoms with E-state index in [1.807, 2.05) is 18.1 Å². The second kappa shape index (κ2) is 7.30. The van der Waals surface area contributed by atoms with Crippen molar-refractivity contribution in [2.75, 3.05) is 26.0 Å². The van der Waals surface area contributed by atoms with Gasteiger partial charge in [0.15, 0.2) is 11.5 Å². The SMILES string of the molecule is CN(C)C(=O)c1ccc(N(C)Cc2cnn(-c3ccc(F)cc3)c2)nn1. The zero-order chi connectivity index (χ0) is 18.7. The maximum Gasteiger partial charge on any atom is 0.273 e. The lowest BCUT2D eigenvalue weighted by atomic mass is 10.3. The van der Waals surface area contributed by atoms with Crippen LogP contribution in [0.15, 0.2) is 48.8 Å². The molecule has 0 bridgehead atoms. The molecule has 0 unspecified atom stereocenters. The fourth-order valence-corrected chi connectivity index (χ4v) is 2.40. The maximum atomic E-state index is 13.0. The monoisotopic (exact) mass is 354 g/mol. The molecule has 0 atom stereocenters. The first-order valence-electron chi connectivity index (χ1n) is 8.00. The molecule has 0 spiro atoms. The molecule has 134 valence electrons. The number of carbonyl (C=O) groups excluding carboxylic acids is 1. The molecule has 0 aliphatic heterocycles. The summed E-state index contributed by atoms with van der Waals surface area (Å²) in [5.41, 5.74) is 2.05. The Kier molecular flexibility index (Phi) is 4.92. The largest absolute Gasteiger partial charge is 0.354 e. The average Bonchev–Trinajstić information content (AvgIpc) is 3.10. The van der Waals surface area contributed by atoms with Gasteiger partial charge in [0.25, 0.3) is 5.91 Å². The normalized spacial score (nSPS) is 10.6. The third-order valence-electron chi connectivity index (χ3n) is 3.81. The molecule has 0 saturated heterocycles. The van der Waals surface area contributed by atoms with Gasteiger partial charge in [-0.2, -0.15) is 5.10 Å². The summed E-state index contributed by atoms with van der Waals surface area (Å²) in [6, 6.07) is 9.55. The molecule has 2 aromatic heterocycles. The van der Waals surface area contributed by atoms with Crippen LogP contribution in [0.2, 0.25) is 0 Å². The van der Waals surface area contributed by atoms with Gasteiger partial charge in [-0.3, -0.25) is 4.79 Å². The Bertz CT molecular complexity index is 889. The van der Waals surface area contributed by atoms with E-state index in [9.17, 15) is 9.18 Å². The lowest BCUT2D eigenvalue weighted by molar-refractivity contribution is 0.0821. The van der Waals surface area contributed by atoms with E-state index in [-0.39, 0.29) is 11.7 Å². The predicted molar refractivity (Wildman–Crippen MR) is 95.7 cm³/mol. The van der Waals surface area contributed by atoms with Gasteiger partial charge in [-0.25, -0.2) is 9.07 Å². The number of amides is 1. The van der Waals surface area contributed by atoms with Gasteiger partial charge in [0.05, 0.1) is 11.9 Å². The van der Waals surface area contributed by atoms with Crippen molar-refractivity contribution < 1.29 is 9.18 Å². The van der Waals surface area contributed by atoms with Crippen LogP contribution in [0, 0.1) is 5.82 Å². The van der Waals surface area contributed by atoms with E-state index < -0.39 is 0 Å². The number of aromatic nitrogens is 4. The van der Waals surface area contributed by atoms with Crippen molar-refractivity contribution in [3.63, 3.8) is 0 Å². The zero-order valence-electron chi connectivity index (χ0n) is 14.8. The Morgan fingerprint density at radius 1 is 1.08 bits per heavy atom. The molecule has 0 N–H and O–H groups in total. The summed E-state index contributed by atoms with van der Waals surface area (Å²) in [4.78, 5) is 15.2. The summed E-state index contributed by atoms with van der Waals surface area (Å²) in [5, 5.41) is 12.4. The smallest absolute Gasteiger partial charge is 0.273 e. The van der Waals surface area contributed by atoms with E-state index in [1.165, 1.54) is 17.0 Å². The Hall–Kier alpha value is -3.29. The highest BCUT2D eigenvalue weighted by Crippen LogP contribution is 2.14. The first-order chi connectivity index (χ1) is 12.4. The van der Waals surface area contributed by atoms with Crippen molar-refractivity contribution in [1.29, 1.82) is 0 Å². The quantitative estimate of drug-likeness (QED) is 0.702. The molecule has 2 heterocycles. The van der Waals surface area contributed by atoms with E-state index in [2.05, 4.69) is 15.3 Å². The molecule has 26 heavy (non-hydrogen) atoms. The number of halogens is 1. The maximum absolute atomic E-state index is 13.0. The summed E-state index contributed by atoms with van der Waals surface area (Å²) >= 11 is 0. The highest BCUT2D eigenvalue weighted by molar-refractivity contribution is 5.91. The first-order valence-corrected chi connectivity index (χ1v) is 8.00. The lowest BCUT2D eigenvalue weighted by Gasteiger charge is -2.17. The molecule has 7 nitrogen and oxygen atoms in total. The van der Waals surface area contributed by atoms with Gasteiger partial charge in [-0.1, -0.05) is 0 Å². The molecule has 8 heteroatoms. The standard InChI is InChI=1S/C18H19FN6O/c1-23(2)18(26)16-8-9-17(22-21-16)24(3)11-13-10-20-25(12-13)15-6-4-14(19)5-7-15/h4-10,12H,11H2,1-3H3. The topological polar surface area (TPSA) is 67.2 Å². The number of hydrogen-bond donors (Lipinski definition) is 0. The van der Waals surface area contributed by atoms with Crippen LogP contribution >= 0.6 is 0 Å². The molecule has 1 aromatic carbocycles. The number of nitrogens with zero attached hydrogens (tertiary/aromatic N) is 6. The summed E-state index contributed by atoms with van der Waals surface area (Å²) in [6.07, 6.45) is 3.62. The fourth-order valence-electron chi connectivity index (χ4n) is 2.40. The van der Waals surface area contributed by atoms with Gasteiger partial charge < -0.3 is 9.80 Å². The van der Waals surface area contributed by atoms with Gasteiger partial charge in [-0.15, -0.1) is 10.2 Å². The number of benzene rings is 1. The predicted octanol–water partition coefficient (Wildman–Crippen LogP) is 2.14. The minimum Gasteiger partial charge on any atom is -0.354 e. The molecule has 0 aliphatic carbocycles. The summed E-state index contributed by atoms with van der Waals surface area (Å²) in [6.45, 7) is 0.566. The van der Waals surface area contributed by atoms with Crippen LogP contribution in [0.5, 0.6) is 0 Å². The van der Waals surface area contributed by atoms with Crippen molar-refractivity contribution in [3.05, 3.63) is 65.9 Å². The number of rotatable bonds is 5. The molecule has 0 saturated carbocycles. The Morgan fingerprint density at radius 3 is 2.42 bits per heavy atom. The van der Waals surface area contributed by atoms with E-state index in [0.717, 1.165) is 11.3 Å². The average molecular weight is 354 g/mol. The molecular weight excluding hydrogens is 335 g/mol. The number of anilines is 1. The summed E-state index contributed by atoms with van der Waals surface area (Å²) < 4.78 is 14.7. The molecule has 1 amide bonds. The van der Waals surface area contributed by atoms with Gasteiger partial charge in [0, 0.05) is 39.4 Å². The van der Waals surface area contributed by atoms with E-state index in [4.69, 9.17) is 0 Å². The Balaban J connectivity index is 1.69. The second-order valence-corrected chi connectivity index (χ2v) is 6.10. The first kappa shape index (κ1) is 17.5. The Morgan fingerprint density at radius 2 is 1.81 bits per heavy atom. The molecule has 0 aliphatic rings. The summed E-state index contributed by atoms with van der Waals surface area (Å²) in [5.74, 6) is 0.178. The molecule has 3 rings (SSSR count). The van der Waals surface area contributed by atoms with Gasteiger partial charge >= 0.3 is 0 Å². The van der Waals surface area contributed by atoms with Crippen LogP contribution in [0.1, 0.15) is 16.1 Å². The molecule has 3 aromatic rings. The summed E-state index contributed by atoms with van der Waals surface area (Å²) in [7, 11) is 5.22. The van der Waals surface area contributed by atoms with Crippen LogP contribution in [0.3, 0.4) is 0 Å². The lowest BCUT2D eigenvalue weighted by Crippen LogP contribution is -2.24. The minimum absolute atomic E-state index is 0.188. The van der Waals surface area contributed by atoms with Crippen molar-refractivity contribution in [3.8, 4) is 5.69 Å². The van der Waals surface area contributed by atoms with E-state index in [0.29, 0.717) is 18.1 Å². The van der Waals surface area contributed by atoms with Crippen molar-refractivity contribution in [1.82, 2.24) is 24.9 Å². The molecule has 0 radical (unpaired) electrons. The van der Waals surface area contributed by atoms with Crippen molar-refractivity contribution in [2.45, 2.75) is 6.54 Å². The van der Waals surface area contributed by atoms with Crippen LogP contribution < -0.4 is 4.90 Å². The fraction of sp³-hybridized carbons (Fsp3) is 0.222. The van der Waals surface area contributed by atoms with Gasteiger partial charge in [0.1, 0.15) is 5.82 Å². The third kappa shape index (κ3) is 3.85. The van der Waals surface area contributed by atoms with Crippen LogP contribution in [0.4, 0.5) is 10.2 Å². The van der Waals surface area contributed by atoms with Crippen LogP contribution in [-0.4, -0.2) is 51.9 Å². The van der Waals surface area contributed by atoms with Crippen molar-refractivity contribution in [2.24, 2.45) is 0 Å². The number of hydrogen-bond acceptors (Lipinski definition) is 5. The zero-order valence-corrected chi connectivity index (χ0v) is 14.8. The van der Waals surface area contributed by atoms with Crippen LogP contribution in [-0.2, 0) is 6.54 Å². The third-order valence-corrected chi connectivity index (χ3v) is 3.81. The molecular formula is C18H19FN6O.